The zero-order valence-corrected chi connectivity index (χ0v) is 10.0. The van der Waals surface area contributed by atoms with E-state index in [1.165, 1.54) is 6.33 Å². The van der Waals surface area contributed by atoms with Gasteiger partial charge in [0.25, 0.3) is 10.0 Å². The van der Waals surface area contributed by atoms with Gasteiger partial charge in [-0.15, -0.1) is 0 Å². The number of benzene rings is 1. The van der Waals surface area contributed by atoms with Crippen molar-refractivity contribution in [3.05, 3.63) is 46.7 Å². The lowest BCUT2D eigenvalue weighted by molar-refractivity contribution is -0.387. The van der Waals surface area contributed by atoms with E-state index in [4.69, 9.17) is 0 Å². The highest BCUT2D eigenvalue weighted by Crippen LogP contribution is 2.22. The Balaban J connectivity index is 2.30. The van der Waals surface area contributed by atoms with Crippen molar-refractivity contribution in [2.75, 3.05) is 4.72 Å². The van der Waals surface area contributed by atoms with Crippen LogP contribution < -0.4 is 4.72 Å². The molecule has 0 fully saturated rings. The number of hydrogen-bond acceptors (Lipinski definition) is 5. The number of nitrogens with zero attached hydrogens (tertiary/aromatic N) is 2. The minimum Gasteiger partial charge on any atom is -0.334 e. The highest BCUT2D eigenvalue weighted by Gasteiger charge is 2.18. The molecule has 2 aromatic rings. The number of nitrogens with one attached hydrogen (secondary N) is 2. The molecule has 0 unspecified atom stereocenters. The molecule has 0 saturated heterocycles. The van der Waals surface area contributed by atoms with Crippen LogP contribution in [-0.4, -0.2) is 23.3 Å². The van der Waals surface area contributed by atoms with Crippen LogP contribution in [-0.2, 0) is 10.0 Å². The third kappa shape index (κ3) is 2.68. The van der Waals surface area contributed by atoms with Gasteiger partial charge >= 0.3 is 5.69 Å². The monoisotopic (exact) mass is 286 g/mol. The molecule has 0 aliphatic heterocycles. The van der Waals surface area contributed by atoms with Crippen LogP contribution in [0.5, 0.6) is 0 Å². The summed E-state index contributed by atoms with van der Waals surface area (Å²) in [5.41, 5.74) is -0.859. The molecule has 19 heavy (non-hydrogen) atoms. The first kappa shape index (κ1) is 13.0. The quantitative estimate of drug-likeness (QED) is 0.648. The number of anilines is 1. The summed E-state index contributed by atoms with van der Waals surface area (Å²) >= 11 is 0. The molecule has 10 heteroatoms. The fourth-order valence-corrected chi connectivity index (χ4v) is 2.27. The number of H-pyrrole nitrogens is 1. The van der Waals surface area contributed by atoms with Gasteiger partial charge in [0.15, 0.2) is 5.03 Å². The van der Waals surface area contributed by atoms with E-state index in [-0.39, 0.29) is 10.7 Å². The van der Waals surface area contributed by atoms with Gasteiger partial charge in [0.05, 0.1) is 23.1 Å². The number of halogens is 1. The van der Waals surface area contributed by atoms with Crippen molar-refractivity contribution in [3.63, 3.8) is 0 Å². The van der Waals surface area contributed by atoms with Gasteiger partial charge in [-0.2, -0.15) is 12.8 Å². The van der Waals surface area contributed by atoms with E-state index in [0.29, 0.717) is 0 Å². The molecule has 1 aromatic carbocycles. The fourth-order valence-electron chi connectivity index (χ4n) is 1.32. The summed E-state index contributed by atoms with van der Waals surface area (Å²) < 4.78 is 38.9. The lowest BCUT2D eigenvalue weighted by atomic mass is 10.3. The molecule has 0 amide bonds. The first-order valence-corrected chi connectivity index (χ1v) is 6.33. The van der Waals surface area contributed by atoms with E-state index in [1.54, 1.807) is 0 Å². The highest BCUT2D eigenvalue weighted by atomic mass is 32.2. The minimum atomic E-state index is -3.92. The zero-order chi connectivity index (χ0) is 14.0. The summed E-state index contributed by atoms with van der Waals surface area (Å²) in [6.45, 7) is 0. The lowest BCUT2D eigenvalue weighted by Crippen LogP contribution is -2.13. The van der Waals surface area contributed by atoms with Gasteiger partial charge in [-0.25, -0.2) is 4.98 Å². The van der Waals surface area contributed by atoms with Crippen LogP contribution in [0, 0.1) is 15.9 Å². The Kier molecular flexibility index (Phi) is 3.17. The van der Waals surface area contributed by atoms with E-state index in [1.807, 2.05) is 0 Å². The Hall–Kier alpha value is -2.49. The number of rotatable bonds is 4. The van der Waals surface area contributed by atoms with Crippen molar-refractivity contribution in [2.45, 2.75) is 5.03 Å². The minimum absolute atomic E-state index is 0.127. The molecule has 0 bridgehead atoms. The van der Waals surface area contributed by atoms with Gasteiger partial charge in [-0.1, -0.05) is 0 Å². The Morgan fingerprint density at radius 2 is 2.16 bits per heavy atom. The van der Waals surface area contributed by atoms with Gasteiger partial charge in [-0.3, -0.25) is 14.8 Å². The number of nitro benzene ring substituents is 1. The predicted molar refractivity (Wildman–Crippen MR) is 62.5 cm³/mol. The van der Waals surface area contributed by atoms with Crippen LogP contribution in [0.3, 0.4) is 0 Å². The Morgan fingerprint density at radius 1 is 1.42 bits per heavy atom. The summed E-state index contributed by atoms with van der Waals surface area (Å²) in [6, 6.07) is 2.70. The van der Waals surface area contributed by atoms with Crippen molar-refractivity contribution in [3.8, 4) is 0 Å². The Labute approximate surface area is 106 Å². The van der Waals surface area contributed by atoms with E-state index < -0.39 is 26.5 Å². The standard InChI is InChI=1S/C9H7FN4O4S/c10-7-3-6(1-2-8(7)14(15)16)13-19(17,18)9-4-11-5-12-9/h1-5,13H,(H,11,12). The molecule has 0 aliphatic carbocycles. The normalized spacial score (nSPS) is 11.2. The molecule has 0 aliphatic rings. The van der Waals surface area contributed by atoms with Gasteiger partial charge in [0.1, 0.15) is 0 Å². The first-order chi connectivity index (χ1) is 8.90. The van der Waals surface area contributed by atoms with Gasteiger partial charge in [0, 0.05) is 12.1 Å². The smallest absolute Gasteiger partial charge is 0.304 e. The fraction of sp³-hybridized carbons (Fsp3) is 0. The van der Waals surface area contributed by atoms with Crippen molar-refractivity contribution in [1.29, 1.82) is 0 Å². The summed E-state index contributed by atoms with van der Waals surface area (Å²) in [7, 11) is -3.92. The summed E-state index contributed by atoms with van der Waals surface area (Å²) in [5, 5.41) is 10.2. The molecule has 0 saturated carbocycles. The van der Waals surface area contributed by atoms with Gasteiger partial charge < -0.3 is 4.98 Å². The maximum atomic E-state index is 13.3. The van der Waals surface area contributed by atoms with Crippen LogP contribution >= 0.6 is 0 Å². The lowest BCUT2D eigenvalue weighted by Gasteiger charge is -2.05. The Morgan fingerprint density at radius 3 is 2.68 bits per heavy atom. The van der Waals surface area contributed by atoms with Gasteiger partial charge in [-0.05, 0) is 6.07 Å². The second kappa shape index (κ2) is 4.65. The zero-order valence-electron chi connectivity index (χ0n) is 9.20. The molecule has 0 spiro atoms. The maximum Gasteiger partial charge on any atom is 0.304 e. The molecule has 1 aromatic heterocycles. The van der Waals surface area contributed by atoms with E-state index in [0.717, 1.165) is 24.4 Å². The number of sulfonamides is 1. The van der Waals surface area contributed by atoms with E-state index in [9.17, 15) is 22.9 Å². The molecule has 8 nitrogen and oxygen atoms in total. The number of aromatic nitrogens is 2. The van der Waals surface area contributed by atoms with Crippen LogP contribution in [0.25, 0.3) is 0 Å². The second-order valence-electron chi connectivity index (χ2n) is 3.44. The molecular formula is C9H7FN4O4S. The largest absolute Gasteiger partial charge is 0.334 e. The average Bonchev–Trinajstić information content (AvgIpc) is 2.81. The molecule has 0 radical (unpaired) electrons. The predicted octanol–water partition coefficient (Wildman–Crippen LogP) is 1.26. The highest BCUT2D eigenvalue weighted by molar-refractivity contribution is 7.92. The summed E-state index contributed by atoms with van der Waals surface area (Å²) in [4.78, 5) is 15.4. The summed E-state index contributed by atoms with van der Waals surface area (Å²) in [6.07, 6.45) is 2.25. The van der Waals surface area contributed by atoms with Crippen molar-refractivity contribution in [2.24, 2.45) is 0 Å². The number of aromatic amines is 1. The van der Waals surface area contributed by atoms with Crippen LogP contribution in [0.1, 0.15) is 0 Å². The number of imidazole rings is 1. The Bertz CT molecular complexity index is 714. The third-order valence-electron chi connectivity index (χ3n) is 2.16. The van der Waals surface area contributed by atoms with Crippen molar-refractivity contribution >= 4 is 21.4 Å². The third-order valence-corrected chi connectivity index (χ3v) is 3.47. The van der Waals surface area contributed by atoms with E-state index >= 15 is 0 Å². The van der Waals surface area contributed by atoms with Crippen molar-refractivity contribution in [1.82, 2.24) is 9.97 Å². The molecule has 0 atom stereocenters. The number of nitro groups is 1. The maximum absolute atomic E-state index is 13.3. The SMILES string of the molecule is O=[N+]([O-])c1ccc(NS(=O)(=O)c2cnc[nH]2)cc1F. The number of hydrogen-bond donors (Lipinski definition) is 2. The van der Waals surface area contributed by atoms with Crippen molar-refractivity contribution < 1.29 is 17.7 Å². The first-order valence-electron chi connectivity index (χ1n) is 4.85. The van der Waals surface area contributed by atoms with Crippen LogP contribution in [0.2, 0.25) is 0 Å². The average molecular weight is 286 g/mol. The van der Waals surface area contributed by atoms with Crippen LogP contribution in [0.4, 0.5) is 15.8 Å². The van der Waals surface area contributed by atoms with E-state index in [2.05, 4.69) is 14.7 Å². The topological polar surface area (TPSA) is 118 Å². The molecule has 2 N–H and O–H groups in total. The molecule has 2 rings (SSSR count). The van der Waals surface area contributed by atoms with Gasteiger partial charge in [0.2, 0.25) is 5.82 Å². The second-order valence-corrected chi connectivity index (χ2v) is 5.10. The molecular weight excluding hydrogens is 279 g/mol. The molecule has 100 valence electrons. The molecule has 1 heterocycles. The van der Waals surface area contributed by atoms with Crippen LogP contribution in [0.15, 0.2) is 35.7 Å². The summed E-state index contributed by atoms with van der Waals surface area (Å²) in [5.74, 6) is -1.13.